The van der Waals surface area contributed by atoms with E-state index in [9.17, 15) is 4.79 Å². The second-order valence-corrected chi connectivity index (χ2v) is 11.1. The van der Waals surface area contributed by atoms with Gasteiger partial charge in [0.25, 0.3) is 5.91 Å². The van der Waals surface area contributed by atoms with E-state index in [1.54, 1.807) is 0 Å². The molecule has 4 nitrogen and oxygen atoms in total. The summed E-state index contributed by atoms with van der Waals surface area (Å²) in [7, 11) is 1.99. The van der Waals surface area contributed by atoms with E-state index >= 15 is 0 Å². The number of hydrogen-bond acceptors (Lipinski definition) is 3. The van der Waals surface area contributed by atoms with Crippen LogP contribution in [0.4, 0.5) is 0 Å². The van der Waals surface area contributed by atoms with Crippen molar-refractivity contribution < 1.29 is 9.53 Å². The van der Waals surface area contributed by atoms with Crippen LogP contribution in [-0.4, -0.2) is 43.7 Å². The van der Waals surface area contributed by atoms with Gasteiger partial charge in [-0.2, -0.15) is 0 Å². The Bertz CT molecular complexity index is 974. The van der Waals surface area contributed by atoms with Gasteiger partial charge in [0, 0.05) is 38.4 Å². The van der Waals surface area contributed by atoms with Crippen molar-refractivity contribution >= 4 is 5.91 Å². The SMILES string of the molecule is CN(C(=O)c1ccc(C2CCCCC2)cc1)[C@H]1CCc2cc(CNCC3CCOCC3)ccc2C1. The fraction of sp³-hybridized carbons (Fsp3) is 0.581. The number of hydrogen-bond donors (Lipinski definition) is 1. The lowest BCUT2D eigenvalue weighted by molar-refractivity contribution is 0.0662. The van der Waals surface area contributed by atoms with Crippen LogP contribution < -0.4 is 5.32 Å². The van der Waals surface area contributed by atoms with Crippen molar-refractivity contribution in [3.63, 3.8) is 0 Å². The largest absolute Gasteiger partial charge is 0.381 e. The molecule has 2 aromatic carbocycles. The summed E-state index contributed by atoms with van der Waals surface area (Å²) in [4.78, 5) is 15.2. The molecule has 1 saturated heterocycles. The van der Waals surface area contributed by atoms with E-state index in [4.69, 9.17) is 4.74 Å². The molecule has 1 heterocycles. The highest BCUT2D eigenvalue weighted by Gasteiger charge is 2.26. The number of carbonyl (C=O) groups is 1. The zero-order valence-electron chi connectivity index (χ0n) is 21.4. The Morgan fingerprint density at radius 3 is 2.49 bits per heavy atom. The predicted octanol–water partition coefficient (Wildman–Crippen LogP) is 5.88. The Balaban J connectivity index is 1.14. The van der Waals surface area contributed by atoms with Crippen molar-refractivity contribution in [2.75, 3.05) is 26.8 Å². The van der Waals surface area contributed by atoms with Crippen LogP contribution in [0.5, 0.6) is 0 Å². The summed E-state index contributed by atoms with van der Waals surface area (Å²) in [5.41, 5.74) is 6.47. The Labute approximate surface area is 211 Å². The van der Waals surface area contributed by atoms with Crippen LogP contribution in [0.25, 0.3) is 0 Å². The van der Waals surface area contributed by atoms with E-state index in [-0.39, 0.29) is 11.9 Å². The molecule has 2 aliphatic carbocycles. The molecule has 0 unspecified atom stereocenters. The number of ether oxygens (including phenoxy) is 1. The normalized spacial score (nSPS) is 21.5. The van der Waals surface area contributed by atoms with Crippen LogP contribution in [0.3, 0.4) is 0 Å². The van der Waals surface area contributed by atoms with Crippen LogP contribution in [0.1, 0.15) is 89.9 Å². The lowest BCUT2D eigenvalue weighted by Gasteiger charge is -2.33. The van der Waals surface area contributed by atoms with Crippen LogP contribution in [0.2, 0.25) is 0 Å². The third-order valence-corrected chi connectivity index (χ3v) is 8.68. The fourth-order valence-electron chi connectivity index (χ4n) is 6.30. The molecule has 0 bridgehead atoms. The number of aryl methyl sites for hydroxylation is 1. The van der Waals surface area contributed by atoms with E-state index < -0.39 is 0 Å². The van der Waals surface area contributed by atoms with Gasteiger partial charge in [0.2, 0.25) is 0 Å². The Morgan fingerprint density at radius 2 is 1.71 bits per heavy atom. The number of benzene rings is 2. The molecule has 35 heavy (non-hydrogen) atoms. The fourth-order valence-corrected chi connectivity index (χ4v) is 6.30. The molecule has 188 valence electrons. The number of nitrogens with one attached hydrogen (secondary N) is 1. The van der Waals surface area contributed by atoms with Crippen molar-refractivity contribution in [1.29, 1.82) is 0 Å². The second-order valence-electron chi connectivity index (χ2n) is 11.1. The van der Waals surface area contributed by atoms with Gasteiger partial charge in [-0.15, -0.1) is 0 Å². The van der Waals surface area contributed by atoms with Crippen molar-refractivity contribution in [3.8, 4) is 0 Å². The monoisotopic (exact) mass is 474 g/mol. The molecule has 1 amide bonds. The average molecular weight is 475 g/mol. The molecule has 1 atom stereocenters. The second kappa shape index (κ2) is 11.7. The van der Waals surface area contributed by atoms with Gasteiger partial charge in [0.05, 0.1) is 0 Å². The van der Waals surface area contributed by atoms with E-state index in [1.165, 1.54) is 67.2 Å². The number of rotatable bonds is 7. The quantitative estimate of drug-likeness (QED) is 0.545. The van der Waals surface area contributed by atoms with Gasteiger partial charge in [-0.05, 0) is 97.7 Å². The van der Waals surface area contributed by atoms with Crippen LogP contribution in [-0.2, 0) is 24.1 Å². The maximum atomic E-state index is 13.3. The lowest BCUT2D eigenvalue weighted by Crippen LogP contribution is -2.40. The van der Waals surface area contributed by atoms with E-state index in [0.29, 0.717) is 5.92 Å². The number of fused-ring (bicyclic) bond motifs is 1. The topological polar surface area (TPSA) is 41.6 Å². The standard InChI is InChI=1S/C31H42N2O2/c1-33(31(34)27-11-9-26(10-12-27)25-5-3-2-4-6-25)30-14-13-28-19-24(7-8-29(28)20-30)22-32-21-23-15-17-35-18-16-23/h7-12,19,23,25,30,32H,2-6,13-18,20-22H2,1H3/t30-/m0/s1. The minimum atomic E-state index is 0.155. The summed E-state index contributed by atoms with van der Waals surface area (Å²) in [6, 6.07) is 15.7. The van der Waals surface area contributed by atoms with Crippen LogP contribution in [0, 0.1) is 5.92 Å². The molecular weight excluding hydrogens is 432 g/mol. The van der Waals surface area contributed by atoms with Gasteiger partial charge >= 0.3 is 0 Å². The molecule has 5 rings (SSSR count). The Hall–Kier alpha value is -2.17. The summed E-state index contributed by atoms with van der Waals surface area (Å²) >= 11 is 0. The third kappa shape index (κ3) is 6.16. The average Bonchev–Trinajstić information content (AvgIpc) is 2.93. The van der Waals surface area contributed by atoms with Gasteiger partial charge in [-0.3, -0.25) is 4.79 Å². The molecular formula is C31H42N2O2. The first-order valence-electron chi connectivity index (χ1n) is 13.9. The molecule has 1 aliphatic heterocycles. The van der Waals surface area contributed by atoms with Crippen molar-refractivity contribution in [3.05, 3.63) is 70.3 Å². The summed E-state index contributed by atoms with van der Waals surface area (Å²) in [5, 5.41) is 3.65. The third-order valence-electron chi connectivity index (χ3n) is 8.68. The summed E-state index contributed by atoms with van der Waals surface area (Å²) in [5.74, 6) is 1.59. The van der Waals surface area contributed by atoms with Gasteiger partial charge in [-0.25, -0.2) is 0 Å². The number of amides is 1. The number of carbonyl (C=O) groups excluding carboxylic acids is 1. The number of likely N-dealkylation sites (N-methyl/N-ethyl adjacent to an activating group) is 1. The highest BCUT2D eigenvalue weighted by Crippen LogP contribution is 2.33. The molecule has 0 radical (unpaired) electrons. The smallest absolute Gasteiger partial charge is 0.253 e. The van der Waals surface area contributed by atoms with Crippen molar-refractivity contribution in [2.45, 2.75) is 82.7 Å². The molecule has 3 aliphatic rings. The highest BCUT2D eigenvalue weighted by atomic mass is 16.5. The lowest BCUT2D eigenvalue weighted by atomic mass is 9.84. The maximum absolute atomic E-state index is 13.3. The molecule has 1 N–H and O–H groups in total. The minimum Gasteiger partial charge on any atom is -0.381 e. The van der Waals surface area contributed by atoms with Gasteiger partial charge in [-0.1, -0.05) is 49.6 Å². The molecule has 0 spiro atoms. The van der Waals surface area contributed by atoms with E-state index in [2.05, 4.69) is 47.8 Å². The zero-order chi connectivity index (χ0) is 24.0. The van der Waals surface area contributed by atoms with Gasteiger partial charge in [0.15, 0.2) is 0 Å². The van der Waals surface area contributed by atoms with E-state index in [1.807, 2.05) is 11.9 Å². The molecule has 1 saturated carbocycles. The minimum absolute atomic E-state index is 0.155. The van der Waals surface area contributed by atoms with Crippen molar-refractivity contribution in [2.24, 2.45) is 5.92 Å². The van der Waals surface area contributed by atoms with Crippen LogP contribution in [0.15, 0.2) is 42.5 Å². The Morgan fingerprint density at radius 1 is 0.943 bits per heavy atom. The van der Waals surface area contributed by atoms with E-state index in [0.717, 1.165) is 57.0 Å². The summed E-state index contributed by atoms with van der Waals surface area (Å²) in [6.07, 6.45) is 12.0. The summed E-state index contributed by atoms with van der Waals surface area (Å²) in [6.45, 7) is 3.84. The molecule has 4 heteroatoms. The number of nitrogens with zero attached hydrogens (tertiary/aromatic N) is 1. The Kier molecular flexibility index (Phi) is 8.20. The maximum Gasteiger partial charge on any atom is 0.253 e. The van der Waals surface area contributed by atoms with Crippen molar-refractivity contribution in [1.82, 2.24) is 10.2 Å². The summed E-state index contributed by atoms with van der Waals surface area (Å²) < 4.78 is 5.47. The van der Waals surface area contributed by atoms with Gasteiger partial charge < -0.3 is 15.0 Å². The first kappa shape index (κ1) is 24.5. The van der Waals surface area contributed by atoms with Crippen LogP contribution >= 0.6 is 0 Å². The first-order valence-corrected chi connectivity index (χ1v) is 13.9. The van der Waals surface area contributed by atoms with Gasteiger partial charge in [0.1, 0.15) is 0 Å². The molecule has 2 fully saturated rings. The first-order chi connectivity index (χ1) is 17.2. The highest BCUT2D eigenvalue weighted by molar-refractivity contribution is 5.94. The molecule has 0 aromatic heterocycles. The zero-order valence-corrected chi connectivity index (χ0v) is 21.4. The predicted molar refractivity (Wildman–Crippen MR) is 142 cm³/mol. The molecule has 2 aromatic rings.